The van der Waals surface area contributed by atoms with E-state index >= 15 is 0 Å². The Bertz CT molecular complexity index is 826. The zero-order valence-electron chi connectivity index (χ0n) is 17.6. The van der Waals surface area contributed by atoms with Crippen molar-refractivity contribution in [3.05, 3.63) is 48.0 Å². The van der Waals surface area contributed by atoms with Crippen LogP contribution < -0.4 is 18.9 Å². The molecule has 7 nitrogen and oxygen atoms in total. The minimum Gasteiger partial charge on any atom is -0.493 e. The average molecular weight is 404 g/mol. The van der Waals surface area contributed by atoms with Crippen LogP contribution in [0.5, 0.6) is 23.0 Å². The Morgan fingerprint density at radius 2 is 1.41 bits per heavy atom. The molecule has 0 aliphatic heterocycles. The van der Waals surface area contributed by atoms with Crippen LogP contribution in [-0.4, -0.2) is 44.1 Å². The van der Waals surface area contributed by atoms with Gasteiger partial charge >= 0.3 is 5.97 Å². The lowest BCUT2D eigenvalue weighted by Gasteiger charge is -2.28. The van der Waals surface area contributed by atoms with Gasteiger partial charge in [-0.05, 0) is 50.6 Å². The number of aliphatic hydroxyl groups is 1. The lowest BCUT2D eigenvalue weighted by atomic mass is 10.0. The number of esters is 1. The molecule has 7 heteroatoms. The van der Waals surface area contributed by atoms with Crippen molar-refractivity contribution in [2.75, 3.05) is 21.3 Å². The zero-order chi connectivity index (χ0) is 21.6. The van der Waals surface area contributed by atoms with Gasteiger partial charge in [-0.2, -0.15) is 0 Å². The van der Waals surface area contributed by atoms with E-state index in [1.807, 2.05) is 0 Å². The highest BCUT2D eigenvalue weighted by Gasteiger charge is 2.35. The lowest BCUT2D eigenvalue weighted by Crippen LogP contribution is -2.39. The fraction of sp³-hybridized carbons (Fsp3) is 0.409. The highest BCUT2D eigenvalue weighted by atomic mass is 16.6. The van der Waals surface area contributed by atoms with Crippen molar-refractivity contribution in [2.45, 2.75) is 38.6 Å². The maximum Gasteiger partial charge on any atom is 0.351 e. The number of methoxy groups -OCH3 is 3. The van der Waals surface area contributed by atoms with E-state index in [1.54, 1.807) is 63.2 Å². The number of benzene rings is 2. The lowest BCUT2D eigenvalue weighted by molar-refractivity contribution is -0.169. The number of aliphatic hydroxyl groups excluding tert-OH is 1. The third-order valence-corrected chi connectivity index (χ3v) is 4.00. The van der Waals surface area contributed by atoms with Gasteiger partial charge in [0.15, 0.2) is 23.0 Å². The minimum atomic E-state index is -1.33. The number of hydrogen-bond acceptors (Lipinski definition) is 7. The second-order valence-electron chi connectivity index (χ2n) is 7.28. The second-order valence-corrected chi connectivity index (χ2v) is 7.28. The van der Waals surface area contributed by atoms with Gasteiger partial charge in [0, 0.05) is 0 Å². The monoisotopic (exact) mass is 404 g/mol. The fourth-order valence-electron chi connectivity index (χ4n) is 2.67. The largest absolute Gasteiger partial charge is 0.493 e. The molecule has 0 aliphatic carbocycles. The van der Waals surface area contributed by atoms with Crippen molar-refractivity contribution in [1.82, 2.24) is 0 Å². The Labute approximate surface area is 171 Å². The quantitative estimate of drug-likeness (QED) is 0.674. The van der Waals surface area contributed by atoms with E-state index in [-0.39, 0.29) is 0 Å². The van der Waals surface area contributed by atoms with Crippen LogP contribution in [0.4, 0.5) is 0 Å². The van der Waals surface area contributed by atoms with Crippen LogP contribution in [0.15, 0.2) is 42.5 Å². The summed E-state index contributed by atoms with van der Waals surface area (Å²) in [6.07, 6.45) is -2.65. The SMILES string of the molecule is COc1ccc([C@H](O)[C@@H](Oc2ccccc2OC)C(=O)OC(C)(C)C)cc1OC. The maximum atomic E-state index is 12.9. The van der Waals surface area contributed by atoms with Gasteiger partial charge in [-0.1, -0.05) is 18.2 Å². The third kappa shape index (κ3) is 5.77. The molecule has 29 heavy (non-hydrogen) atoms. The van der Waals surface area contributed by atoms with Crippen molar-refractivity contribution in [1.29, 1.82) is 0 Å². The number of rotatable bonds is 8. The van der Waals surface area contributed by atoms with E-state index in [0.29, 0.717) is 28.6 Å². The van der Waals surface area contributed by atoms with Crippen molar-refractivity contribution >= 4 is 5.97 Å². The highest BCUT2D eigenvalue weighted by Crippen LogP contribution is 2.34. The Kier molecular flexibility index (Phi) is 7.34. The van der Waals surface area contributed by atoms with Crippen molar-refractivity contribution in [3.63, 3.8) is 0 Å². The molecule has 2 atom stereocenters. The molecule has 0 unspecified atom stereocenters. The number of para-hydroxylation sites is 2. The number of carbonyl (C=O) groups excluding carboxylic acids is 1. The molecule has 0 radical (unpaired) electrons. The van der Waals surface area contributed by atoms with E-state index < -0.39 is 23.8 Å². The molecule has 0 saturated carbocycles. The van der Waals surface area contributed by atoms with Crippen LogP contribution in [0.1, 0.15) is 32.4 Å². The molecule has 0 aromatic heterocycles. The normalized spacial score (nSPS) is 13.2. The summed E-state index contributed by atoms with van der Waals surface area (Å²) >= 11 is 0. The molecule has 2 aromatic rings. The molecule has 0 fully saturated rings. The molecule has 0 saturated heterocycles. The van der Waals surface area contributed by atoms with E-state index in [1.165, 1.54) is 21.3 Å². The fourth-order valence-corrected chi connectivity index (χ4v) is 2.67. The van der Waals surface area contributed by atoms with Gasteiger partial charge in [0.25, 0.3) is 0 Å². The van der Waals surface area contributed by atoms with E-state index in [2.05, 4.69) is 0 Å². The van der Waals surface area contributed by atoms with Gasteiger partial charge in [-0.15, -0.1) is 0 Å². The summed E-state index contributed by atoms with van der Waals surface area (Å²) in [5, 5.41) is 11.0. The van der Waals surface area contributed by atoms with Crippen LogP contribution in [0.3, 0.4) is 0 Å². The molecular weight excluding hydrogens is 376 g/mol. The van der Waals surface area contributed by atoms with Gasteiger partial charge in [0.1, 0.15) is 11.7 Å². The van der Waals surface area contributed by atoms with E-state index in [4.69, 9.17) is 23.7 Å². The molecule has 0 bridgehead atoms. The summed E-state index contributed by atoms with van der Waals surface area (Å²) < 4.78 is 27.1. The molecule has 0 amide bonds. The topological polar surface area (TPSA) is 83.5 Å². The Morgan fingerprint density at radius 3 is 1.97 bits per heavy atom. The summed E-state index contributed by atoms with van der Waals surface area (Å²) in [5.41, 5.74) is -0.343. The summed E-state index contributed by atoms with van der Waals surface area (Å²) in [4.78, 5) is 12.9. The first-order chi connectivity index (χ1) is 13.7. The highest BCUT2D eigenvalue weighted by molar-refractivity contribution is 5.77. The van der Waals surface area contributed by atoms with Crippen molar-refractivity contribution in [2.24, 2.45) is 0 Å². The molecule has 1 N–H and O–H groups in total. The first-order valence-corrected chi connectivity index (χ1v) is 9.12. The summed E-state index contributed by atoms with van der Waals surface area (Å²) in [5.74, 6) is 0.962. The first kappa shape index (κ1) is 22.4. The molecule has 0 spiro atoms. The number of ether oxygens (including phenoxy) is 5. The zero-order valence-corrected chi connectivity index (χ0v) is 17.6. The number of carbonyl (C=O) groups is 1. The summed E-state index contributed by atoms with van der Waals surface area (Å²) in [6, 6.07) is 11.7. The van der Waals surface area contributed by atoms with Crippen molar-refractivity contribution < 1.29 is 33.6 Å². The minimum absolute atomic E-state index is 0.311. The maximum absolute atomic E-state index is 12.9. The predicted octanol–water partition coefficient (Wildman–Crippen LogP) is 3.54. The van der Waals surface area contributed by atoms with Gasteiger partial charge < -0.3 is 28.8 Å². The smallest absolute Gasteiger partial charge is 0.351 e. The molecule has 158 valence electrons. The molecule has 2 rings (SSSR count). The molecule has 0 heterocycles. The van der Waals surface area contributed by atoms with E-state index in [0.717, 1.165) is 0 Å². The number of hydrogen-bond donors (Lipinski definition) is 1. The molecule has 2 aromatic carbocycles. The van der Waals surface area contributed by atoms with Crippen LogP contribution in [0.25, 0.3) is 0 Å². The summed E-state index contributed by atoms with van der Waals surface area (Å²) in [6.45, 7) is 5.23. The van der Waals surface area contributed by atoms with Gasteiger partial charge in [-0.3, -0.25) is 0 Å². The Hall–Kier alpha value is -2.93. The standard InChI is InChI=1S/C22H28O7/c1-22(2,3)29-21(24)20(28-17-10-8-7-9-15(17)25-4)19(23)14-11-12-16(26-5)18(13-14)27-6/h7-13,19-20,23H,1-6H3/t19-,20+/m0/s1. The van der Waals surface area contributed by atoms with Crippen LogP contribution in [0.2, 0.25) is 0 Å². The third-order valence-electron chi connectivity index (χ3n) is 4.00. The Balaban J connectivity index is 2.42. The average Bonchev–Trinajstić information content (AvgIpc) is 2.69. The van der Waals surface area contributed by atoms with E-state index in [9.17, 15) is 9.90 Å². The Morgan fingerprint density at radius 1 is 0.862 bits per heavy atom. The first-order valence-electron chi connectivity index (χ1n) is 9.12. The molecule has 0 aliphatic rings. The van der Waals surface area contributed by atoms with Crippen LogP contribution in [0, 0.1) is 0 Å². The summed E-state index contributed by atoms with van der Waals surface area (Å²) in [7, 11) is 4.50. The van der Waals surface area contributed by atoms with Crippen molar-refractivity contribution in [3.8, 4) is 23.0 Å². The van der Waals surface area contributed by atoms with Gasteiger partial charge in [0.05, 0.1) is 21.3 Å². The van der Waals surface area contributed by atoms with Gasteiger partial charge in [-0.25, -0.2) is 4.79 Å². The second kappa shape index (κ2) is 9.52. The van der Waals surface area contributed by atoms with Gasteiger partial charge in [0.2, 0.25) is 6.10 Å². The van der Waals surface area contributed by atoms with Crippen LogP contribution >= 0.6 is 0 Å². The van der Waals surface area contributed by atoms with Crippen LogP contribution in [-0.2, 0) is 9.53 Å². The molecular formula is C22H28O7. The predicted molar refractivity (Wildman–Crippen MR) is 108 cm³/mol.